The highest BCUT2D eigenvalue weighted by Crippen LogP contribution is 2.23. The molecule has 1 fully saturated rings. The highest BCUT2D eigenvalue weighted by molar-refractivity contribution is 7.98. The summed E-state index contributed by atoms with van der Waals surface area (Å²) in [5.74, 6) is 1.44. The predicted molar refractivity (Wildman–Crippen MR) is 78.0 cm³/mol. The lowest BCUT2D eigenvalue weighted by Gasteiger charge is -2.12. The van der Waals surface area contributed by atoms with Crippen LogP contribution in [0.5, 0.6) is 0 Å². The zero-order valence-corrected chi connectivity index (χ0v) is 12.2. The van der Waals surface area contributed by atoms with Gasteiger partial charge in [-0.05, 0) is 19.2 Å². The van der Waals surface area contributed by atoms with Gasteiger partial charge >= 0.3 is 0 Å². The zero-order valence-electron chi connectivity index (χ0n) is 11.4. The number of rotatable bonds is 4. The van der Waals surface area contributed by atoms with Gasteiger partial charge in [0.1, 0.15) is 11.3 Å². The first-order chi connectivity index (χ1) is 9.76. The Morgan fingerprint density at radius 1 is 1.35 bits per heavy atom. The van der Waals surface area contributed by atoms with Crippen molar-refractivity contribution < 1.29 is 9.47 Å². The molecule has 0 atom stereocenters. The van der Waals surface area contributed by atoms with Crippen molar-refractivity contribution in [3.8, 4) is 0 Å². The van der Waals surface area contributed by atoms with Crippen molar-refractivity contribution in [3.63, 3.8) is 0 Å². The first-order valence-corrected chi connectivity index (χ1v) is 7.64. The van der Waals surface area contributed by atoms with Crippen molar-refractivity contribution in [3.05, 3.63) is 18.1 Å². The number of hydrogen-bond donors (Lipinski definition) is 1. The third-order valence-corrected chi connectivity index (χ3v) is 3.68. The van der Waals surface area contributed by atoms with Crippen molar-refractivity contribution in [2.24, 2.45) is 0 Å². The Bertz CT molecular complexity index is 617. The second-order valence-electron chi connectivity index (χ2n) is 4.41. The van der Waals surface area contributed by atoms with E-state index >= 15 is 0 Å². The number of thioether (sulfide) groups is 1. The van der Waals surface area contributed by atoms with Crippen LogP contribution in [0.15, 0.2) is 17.2 Å². The normalized spacial score (nSPS) is 15.9. The Morgan fingerprint density at radius 3 is 2.90 bits per heavy atom. The number of nitrogens with zero attached hydrogens (tertiary/aromatic N) is 3. The van der Waals surface area contributed by atoms with Crippen LogP contribution in [0.4, 0.5) is 5.82 Å². The van der Waals surface area contributed by atoms with Crippen LogP contribution < -0.4 is 5.32 Å². The van der Waals surface area contributed by atoms with Crippen molar-refractivity contribution in [1.82, 2.24) is 15.0 Å². The number of anilines is 1. The van der Waals surface area contributed by atoms with Crippen LogP contribution >= 0.6 is 11.8 Å². The second kappa shape index (κ2) is 5.90. The van der Waals surface area contributed by atoms with Crippen LogP contribution in [0.3, 0.4) is 0 Å². The maximum atomic E-state index is 5.40. The number of ether oxygens (including phenoxy) is 2. The van der Waals surface area contributed by atoms with Gasteiger partial charge < -0.3 is 14.8 Å². The number of aryl methyl sites for hydroxylation is 1. The molecule has 0 aliphatic carbocycles. The maximum absolute atomic E-state index is 5.40. The van der Waals surface area contributed by atoms with E-state index in [1.165, 1.54) is 0 Å². The van der Waals surface area contributed by atoms with Gasteiger partial charge in [-0.2, -0.15) is 0 Å². The molecule has 0 radical (unpaired) electrons. The highest BCUT2D eigenvalue weighted by atomic mass is 32.2. The van der Waals surface area contributed by atoms with Crippen molar-refractivity contribution in [1.29, 1.82) is 0 Å². The third kappa shape index (κ3) is 2.84. The molecule has 0 saturated carbocycles. The monoisotopic (exact) mass is 292 g/mol. The van der Waals surface area contributed by atoms with Gasteiger partial charge in [0.25, 0.3) is 0 Å². The van der Waals surface area contributed by atoms with E-state index in [0.717, 1.165) is 21.7 Å². The Balaban J connectivity index is 1.88. The molecule has 1 saturated heterocycles. The molecule has 1 aliphatic rings. The minimum atomic E-state index is -0.217. The molecule has 1 N–H and O–H groups in total. The van der Waals surface area contributed by atoms with Crippen LogP contribution in [0.1, 0.15) is 5.82 Å². The summed E-state index contributed by atoms with van der Waals surface area (Å²) in [4.78, 5) is 14.4. The van der Waals surface area contributed by atoms with E-state index in [2.05, 4.69) is 20.3 Å². The quantitative estimate of drug-likeness (QED) is 0.862. The average Bonchev–Trinajstić information content (AvgIpc) is 2.97. The van der Waals surface area contributed by atoms with E-state index in [4.69, 9.17) is 9.47 Å². The molecule has 0 bridgehead atoms. The minimum Gasteiger partial charge on any atom is -0.363 e. The Labute approximate surface area is 121 Å². The molecule has 0 aromatic carbocycles. The van der Waals surface area contributed by atoms with Gasteiger partial charge in [-0.25, -0.2) is 15.0 Å². The molecule has 20 heavy (non-hydrogen) atoms. The van der Waals surface area contributed by atoms with Gasteiger partial charge in [-0.15, -0.1) is 11.8 Å². The molecular weight excluding hydrogens is 276 g/mol. The highest BCUT2D eigenvalue weighted by Gasteiger charge is 2.16. The first-order valence-electron chi connectivity index (χ1n) is 6.42. The van der Waals surface area contributed by atoms with E-state index < -0.39 is 0 Å². The number of hydrogen-bond acceptors (Lipinski definition) is 7. The largest absolute Gasteiger partial charge is 0.363 e. The number of nitrogens with one attached hydrogen (secondary N) is 1. The van der Waals surface area contributed by atoms with E-state index in [-0.39, 0.29) is 6.29 Å². The van der Waals surface area contributed by atoms with Crippen molar-refractivity contribution >= 4 is 28.6 Å². The summed E-state index contributed by atoms with van der Waals surface area (Å²) in [6.07, 6.45) is 3.63. The molecule has 2 aromatic heterocycles. The molecule has 0 amide bonds. The summed E-state index contributed by atoms with van der Waals surface area (Å²) in [5.41, 5.74) is 1.62. The second-order valence-corrected chi connectivity index (χ2v) is 5.29. The molecule has 2 aromatic rings. The lowest BCUT2D eigenvalue weighted by Crippen LogP contribution is -2.21. The lowest BCUT2D eigenvalue weighted by molar-refractivity contribution is -0.0299. The van der Waals surface area contributed by atoms with Crippen LogP contribution in [0, 0.1) is 6.92 Å². The fourth-order valence-electron chi connectivity index (χ4n) is 2.06. The third-order valence-electron chi connectivity index (χ3n) is 2.99. The van der Waals surface area contributed by atoms with Gasteiger partial charge in [0.05, 0.1) is 25.3 Å². The number of aromatic nitrogens is 3. The van der Waals surface area contributed by atoms with Crippen molar-refractivity contribution in [2.75, 3.05) is 31.3 Å². The standard InChI is InChI=1S/C13H16N4O2S/c1-8-16-10-5-9(20-2)6-14-12(10)13(17-8)15-7-11-18-3-4-19-11/h5-6,11H,3-4,7H2,1-2H3,(H,15,16,17). The maximum Gasteiger partial charge on any atom is 0.174 e. The fraction of sp³-hybridized carbons (Fsp3) is 0.462. The van der Waals surface area contributed by atoms with Gasteiger partial charge in [-0.3, -0.25) is 0 Å². The summed E-state index contributed by atoms with van der Waals surface area (Å²) >= 11 is 1.65. The Hall–Kier alpha value is -1.44. The molecule has 0 unspecified atom stereocenters. The molecule has 0 spiro atoms. The van der Waals surface area contributed by atoms with Crippen molar-refractivity contribution in [2.45, 2.75) is 18.1 Å². The van der Waals surface area contributed by atoms with E-state index in [1.807, 2.05) is 25.4 Å². The van der Waals surface area contributed by atoms with E-state index in [9.17, 15) is 0 Å². The molecular formula is C13H16N4O2S. The topological polar surface area (TPSA) is 69.2 Å². The summed E-state index contributed by atoms with van der Waals surface area (Å²) in [6.45, 7) is 3.72. The van der Waals surface area contributed by atoms with Gasteiger partial charge in [-0.1, -0.05) is 0 Å². The van der Waals surface area contributed by atoms with Gasteiger partial charge in [0.2, 0.25) is 0 Å². The van der Waals surface area contributed by atoms with Crippen LogP contribution in [0.2, 0.25) is 0 Å². The molecule has 106 valence electrons. The Morgan fingerprint density at radius 2 is 2.15 bits per heavy atom. The summed E-state index contributed by atoms with van der Waals surface area (Å²) in [5, 5.41) is 3.24. The van der Waals surface area contributed by atoms with Crippen LogP contribution in [-0.4, -0.2) is 47.3 Å². The van der Waals surface area contributed by atoms with Gasteiger partial charge in [0, 0.05) is 11.1 Å². The van der Waals surface area contributed by atoms with Crippen LogP contribution in [0.25, 0.3) is 11.0 Å². The Kier molecular flexibility index (Phi) is 4.00. The first kappa shape index (κ1) is 13.5. The number of fused-ring (bicyclic) bond motifs is 1. The van der Waals surface area contributed by atoms with Gasteiger partial charge in [0.15, 0.2) is 12.1 Å². The summed E-state index contributed by atoms with van der Waals surface area (Å²) in [7, 11) is 0. The summed E-state index contributed by atoms with van der Waals surface area (Å²) in [6, 6.07) is 2.02. The predicted octanol–water partition coefficient (Wildman–Crippen LogP) is 1.84. The molecule has 6 nitrogen and oxygen atoms in total. The molecule has 3 rings (SSSR count). The fourth-order valence-corrected chi connectivity index (χ4v) is 2.44. The molecule has 7 heteroatoms. The SMILES string of the molecule is CSc1cnc2c(NCC3OCCO3)nc(C)nc2c1. The summed E-state index contributed by atoms with van der Waals surface area (Å²) < 4.78 is 10.8. The smallest absolute Gasteiger partial charge is 0.174 e. The number of pyridine rings is 1. The van der Waals surface area contributed by atoms with Crippen LogP contribution in [-0.2, 0) is 9.47 Å². The van der Waals surface area contributed by atoms with E-state index in [0.29, 0.717) is 25.6 Å². The molecule has 3 heterocycles. The zero-order chi connectivity index (χ0) is 13.9. The minimum absolute atomic E-state index is 0.217. The molecule has 1 aliphatic heterocycles. The lowest BCUT2D eigenvalue weighted by atomic mass is 10.3. The average molecular weight is 292 g/mol. The van der Waals surface area contributed by atoms with E-state index in [1.54, 1.807) is 11.8 Å².